The highest BCUT2D eigenvalue weighted by Gasteiger charge is 2.27. The van der Waals surface area contributed by atoms with Gasteiger partial charge in [0.15, 0.2) is 0 Å². The first-order valence-corrected chi connectivity index (χ1v) is 7.08. The number of carbonyl (C=O) groups is 1. The molecule has 0 spiro atoms. The van der Waals surface area contributed by atoms with Crippen LogP contribution in [0.25, 0.3) is 0 Å². The van der Waals surface area contributed by atoms with E-state index >= 15 is 0 Å². The van der Waals surface area contributed by atoms with Gasteiger partial charge < -0.3 is 18.8 Å². The summed E-state index contributed by atoms with van der Waals surface area (Å²) in [5.74, 6) is 1.24. The second-order valence-corrected chi connectivity index (χ2v) is 5.51. The molecule has 1 aliphatic rings. The first kappa shape index (κ1) is 13.9. The third kappa shape index (κ3) is 2.71. The van der Waals surface area contributed by atoms with Gasteiger partial charge in [-0.05, 0) is 12.1 Å². The minimum absolute atomic E-state index is 0.0417. The average Bonchev–Trinajstić information content (AvgIpc) is 3.03. The first-order valence-electron chi connectivity index (χ1n) is 7.08. The van der Waals surface area contributed by atoms with Crippen LogP contribution >= 0.6 is 0 Å². The summed E-state index contributed by atoms with van der Waals surface area (Å²) < 4.78 is 9.26. The molecule has 112 valence electrons. The molecule has 2 aromatic heterocycles. The van der Waals surface area contributed by atoms with Crippen LogP contribution in [0.5, 0.6) is 0 Å². The molecule has 0 saturated carbocycles. The van der Waals surface area contributed by atoms with Crippen LogP contribution in [-0.2, 0) is 24.9 Å². The van der Waals surface area contributed by atoms with Crippen LogP contribution in [0, 0.1) is 5.92 Å². The number of hydrogen-bond donors (Lipinski definition) is 0. The van der Waals surface area contributed by atoms with E-state index in [9.17, 15) is 4.79 Å². The predicted octanol–water partition coefficient (Wildman–Crippen LogP) is 1.14. The molecule has 0 aromatic carbocycles. The summed E-state index contributed by atoms with van der Waals surface area (Å²) >= 11 is 0. The number of aromatic nitrogens is 3. The third-order valence-electron chi connectivity index (χ3n) is 3.92. The van der Waals surface area contributed by atoms with Gasteiger partial charge in [-0.15, -0.1) is 0 Å². The van der Waals surface area contributed by atoms with Crippen molar-refractivity contribution in [3.8, 4) is 0 Å². The second-order valence-electron chi connectivity index (χ2n) is 5.51. The van der Waals surface area contributed by atoms with E-state index in [4.69, 9.17) is 4.74 Å². The molecule has 0 N–H and O–H groups in total. The van der Waals surface area contributed by atoms with Gasteiger partial charge in [-0.1, -0.05) is 0 Å². The molecule has 3 rings (SSSR count). The summed E-state index contributed by atoms with van der Waals surface area (Å²) in [6.07, 6.45) is 5.64. The lowest BCUT2D eigenvalue weighted by atomic mass is 10.1. The quantitative estimate of drug-likeness (QED) is 0.851. The van der Waals surface area contributed by atoms with Gasteiger partial charge in [0, 0.05) is 51.8 Å². The standard InChI is InChI=1S/C15H20N4O2/c1-17-6-3-4-13(17)15(20)19-9-12(11-21-2)8-18-7-5-16-14(18)10-19/h3-7,12H,8-11H2,1-2H3. The first-order chi connectivity index (χ1) is 10.2. The topological polar surface area (TPSA) is 52.3 Å². The zero-order chi connectivity index (χ0) is 14.8. The Bertz CT molecular complexity index is 631. The van der Waals surface area contributed by atoms with Gasteiger partial charge in [-0.3, -0.25) is 4.79 Å². The summed E-state index contributed by atoms with van der Waals surface area (Å²) in [4.78, 5) is 19.0. The van der Waals surface area contributed by atoms with Crippen LogP contribution in [0.15, 0.2) is 30.7 Å². The molecular formula is C15H20N4O2. The van der Waals surface area contributed by atoms with Gasteiger partial charge in [-0.25, -0.2) is 4.98 Å². The van der Waals surface area contributed by atoms with E-state index < -0.39 is 0 Å². The molecule has 0 saturated heterocycles. The average molecular weight is 288 g/mol. The van der Waals surface area contributed by atoms with Gasteiger partial charge in [0.25, 0.3) is 5.91 Å². The van der Waals surface area contributed by atoms with Crippen molar-refractivity contribution >= 4 is 5.91 Å². The van der Waals surface area contributed by atoms with E-state index in [2.05, 4.69) is 9.55 Å². The fourth-order valence-electron chi connectivity index (χ4n) is 2.88. The Labute approximate surface area is 123 Å². The number of rotatable bonds is 3. The number of methoxy groups -OCH3 is 1. The SMILES string of the molecule is COCC1CN(C(=O)c2cccn2C)Cc2nccn2C1. The van der Waals surface area contributed by atoms with Crippen LogP contribution < -0.4 is 0 Å². The van der Waals surface area contributed by atoms with Gasteiger partial charge in [0.1, 0.15) is 11.5 Å². The van der Waals surface area contributed by atoms with Crippen molar-refractivity contribution in [3.05, 3.63) is 42.2 Å². The number of amides is 1. The van der Waals surface area contributed by atoms with E-state index in [1.165, 1.54) is 0 Å². The van der Waals surface area contributed by atoms with Crippen molar-refractivity contribution in [1.82, 2.24) is 19.0 Å². The molecule has 1 amide bonds. The number of fused-ring (bicyclic) bond motifs is 1. The van der Waals surface area contributed by atoms with Crippen LogP contribution in [0.4, 0.5) is 0 Å². The van der Waals surface area contributed by atoms with Crippen molar-refractivity contribution in [3.63, 3.8) is 0 Å². The highest BCUT2D eigenvalue weighted by atomic mass is 16.5. The third-order valence-corrected chi connectivity index (χ3v) is 3.92. The summed E-state index contributed by atoms with van der Waals surface area (Å²) in [6, 6.07) is 3.74. The molecule has 2 aromatic rings. The minimum Gasteiger partial charge on any atom is -0.384 e. The van der Waals surface area contributed by atoms with Gasteiger partial charge in [0.05, 0.1) is 13.2 Å². The molecule has 1 aliphatic heterocycles. The molecular weight excluding hydrogens is 268 g/mol. The molecule has 6 heteroatoms. The van der Waals surface area contributed by atoms with Crippen LogP contribution in [0.2, 0.25) is 0 Å². The largest absolute Gasteiger partial charge is 0.384 e. The maximum Gasteiger partial charge on any atom is 0.270 e. The van der Waals surface area contributed by atoms with Gasteiger partial charge in [-0.2, -0.15) is 0 Å². The normalized spacial score (nSPS) is 18.4. The summed E-state index contributed by atoms with van der Waals surface area (Å²) in [7, 11) is 3.59. The van der Waals surface area contributed by atoms with Crippen molar-refractivity contribution in [1.29, 1.82) is 0 Å². The summed E-state index contributed by atoms with van der Waals surface area (Å²) in [5, 5.41) is 0. The number of carbonyl (C=O) groups excluding carboxylic acids is 1. The molecule has 0 aliphatic carbocycles. The van der Waals surface area contributed by atoms with E-state index in [-0.39, 0.29) is 11.8 Å². The fraction of sp³-hybridized carbons (Fsp3) is 0.467. The summed E-state index contributed by atoms with van der Waals surface area (Å²) in [6.45, 7) is 2.69. The number of hydrogen-bond acceptors (Lipinski definition) is 3. The number of aryl methyl sites for hydroxylation is 1. The fourth-order valence-corrected chi connectivity index (χ4v) is 2.88. The Kier molecular flexibility index (Phi) is 3.79. The van der Waals surface area contributed by atoms with Gasteiger partial charge in [0.2, 0.25) is 0 Å². The van der Waals surface area contributed by atoms with Crippen molar-refractivity contribution in [2.24, 2.45) is 13.0 Å². The predicted molar refractivity (Wildman–Crippen MR) is 77.7 cm³/mol. The van der Waals surface area contributed by atoms with E-state index in [0.717, 1.165) is 12.4 Å². The summed E-state index contributed by atoms with van der Waals surface area (Å²) in [5.41, 5.74) is 0.700. The molecule has 0 bridgehead atoms. The molecule has 1 atom stereocenters. The number of imidazole rings is 1. The van der Waals surface area contributed by atoms with Crippen LogP contribution in [-0.4, -0.2) is 45.2 Å². The molecule has 6 nitrogen and oxygen atoms in total. The smallest absolute Gasteiger partial charge is 0.270 e. The Morgan fingerprint density at radius 3 is 3.00 bits per heavy atom. The number of nitrogens with zero attached hydrogens (tertiary/aromatic N) is 4. The Balaban J connectivity index is 1.87. The van der Waals surface area contributed by atoms with Crippen molar-refractivity contribution in [2.45, 2.75) is 13.1 Å². The van der Waals surface area contributed by atoms with E-state index in [1.54, 1.807) is 13.3 Å². The van der Waals surface area contributed by atoms with E-state index in [1.807, 2.05) is 41.0 Å². The second kappa shape index (κ2) is 5.73. The maximum atomic E-state index is 12.7. The van der Waals surface area contributed by atoms with Crippen LogP contribution in [0.3, 0.4) is 0 Å². The lowest BCUT2D eigenvalue weighted by Crippen LogP contribution is -2.36. The Morgan fingerprint density at radius 2 is 2.29 bits per heavy atom. The zero-order valence-corrected chi connectivity index (χ0v) is 12.4. The lowest BCUT2D eigenvalue weighted by Gasteiger charge is -2.23. The Hall–Kier alpha value is -2.08. The molecule has 0 fully saturated rings. The van der Waals surface area contributed by atoms with Crippen molar-refractivity contribution < 1.29 is 9.53 Å². The van der Waals surface area contributed by atoms with Crippen molar-refractivity contribution in [2.75, 3.05) is 20.3 Å². The molecule has 1 unspecified atom stereocenters. The molecule has 21 heavy (non-hydrogen) atoms. The van der Waals surface area contributed by atoms with Crippen LogP contribution in [0.1, 0.15) is 16.3 Å². The highest BCUT2D eigenvalue weighted by molar-refractivity contribution is 5.92. The van der Waals surface area contributed by atoms with Gasteiger partial charge >= 0.3 is 0 Å². The molecule has 3 heterocycles. The highest BCUT2D eigenvalue weighted by Crippen LogP contribution is 2.18. The lowest BCUT2D eigenvalue weighted by molar-refractivity contribution is 0.0657. The maximum absolute atomic E-state index is 12.7. The zero-order valence-electron chi connectivity index (χ0n) is 12.4. The number of ether oxygens (including phenoxy) is 1. The van der Waals surface area contributed by atoms with E-state index in [0.29, 0.717) is 25.4 Å². The Morgan fingerprint density at radius 1 is 1.43 bits per heavy atom. The molecule has 0 radical (unpaired) electrons. The monoisotopic (exact) mass is 288 g/mol. The minimum atomic E-state index is 0.0417.